The predicted octanol–water partition coefficient (Wildman–Crippen LogP) is 1.88. The molecule has 49 heavy (non-hydrogen) atoms. The van der Waals surface area contributed by atoms with E-state index in [4.69, 9.17) is 20.7 Å². The fraction of sp³-hybridized carbons (Fsp3) is 0.636. The van der Waals surface area contributed by atoms with Crippen LogP contribution in [0.25, 0.3) is 0 Å². The first-order chi connectivity index (χ1) is 23.4. The number of carbonyl (C=O) groups is 6. The molecule has 0 aliphatic rings. The first kappa shape index (κ1) is 42.7. The van der Waals surface area contributed by atoms with E-state index in [1.54, 1.807) is 30.3 Å². The zero-order valence-corrected chi connectivity index (χ0v) is 28.2. The number of hydrogen-bond acceptors (Lipinski definition) is 10. The van der Waals surface area contributed by atoms with Crippen molar-refractivity contribution < 1.29 is 53.9 Å². The second-order valence-corrected chi connectivity index (χ2v) is 11.9. The number of carboxylic acids is 4. The predicted molar refractivity (Wildman–Crippen MR) is 179 cm³/mol. The van der Waals surface area contributed by atoms with Gasteiger partial charge in [0.25, 0.3) is 5.91 Å². The highest BCUT2D eigenvalue weighted by Crippen LogP contribution is 2.16. The van der Waals surface area contributed by atoms with Gasteiger partial charge in [-0.15, -0.1) is 0 Å². The van der Waals surface area contributed by atoms with Gasteiger partial charge in [-0.2, -0.15) is 0 Å². The van der Waals surface area contributed by atoms with Gasteiger partial charge in [-0.05, 0) is 50.9 Å². The molecule has 0 aliphatic carbocycles. The van der Waals surface area contributed by atoms with Crippen molar-refractivity contribution in [3.63, 3.8) is 0 Å². The average molecular weight is 696 g/mol. The van der Waals surface area contributed by atoms with E-state index < -0.39 is 74.5 Å². The van der Waals surface area contributed by atoms with E-state index in [9.17, 15) is 39.0 Å². The zero-order valence-electron chi connectivity index (χ0n) is 28.2. The van der Waals surface area contributed by atoms with Gasteiger partial charge in [0.2, 0.25) is 5.91 Å². The van der Waals surface area contributed by atoms with Crippen LogP contribution in [0.5, 0.6) is 5.75 Å². The Kier molecular flexibility index (Phi) is 22.4. The van der Waals surface area contributed by atoms with Gasteiger partial charge in [-0.25, -0.2) is 5.01 Å². The van der Waals surface area contributed by atoms with Gasteiger partial charge >= 0.3 is 23.9 Å². The average Bonchev–Trinajstić information content (AvgIpc) is 3.02. The van der Waals surface area contributed by atoms with E-state index in [1.807, 2.05) is 0 Å². The Balaban J connectivity index is 3.13. The molecule has 276 valence electrons. The number of unbranched alkanes of at least 4 members (excludes halogenated alkanes) is 8. The largest absolute Gasteiger partial charge is 0.484 e. The topological polar surface area (TPSA) is 240 Å². The first-order valence-corrected chi connectivity index (χ1v) is 16.7. The summed E-state index contributed by atoms with van der Waals surface area (Å²) in [5.74, 6) is -5.61. The highest BCUT2D eigenvalue weighted by molar-refractivity contribution is 5.83. The number of nitrogens with two attached hydrogens (primary N) is 1. The van der Waals surface area contributed by atoms with Gasteiger partial charge in [0.05, 0.1) is 32.2 Å². The highest BCUT2D eigenvalue weighted by Gasteiger charge is 2.29. The van der Waals surface area contributed by atoms with Crippen LogP contribution in [-0.4, -0.2) is 129 Å². The molecule has 1 aromatic rings. The summed E-state index contributed by atoms with van der Waals surface area (Å²) < 4.78 is 5.54. The first-order valence-electron chi connectivity index (χ1n) is 16.7. The quantitative estimate of drug-likeness (QED) is 0.0518. The van der Waals surface area contributed by atoms with E-state index in [-0.39, 0.29) is 25.9 Å². The molecular weight excluding hydrogens is 642 g/mol. The number of hydrazine groups is 1. The normalized spacial score (nSPS) is 11.7. The third-order valence-electron chi connectivity index (χ3n) is 7.50. The van der Waals surface area contributed by atoms with Crippen LogP contribution in [0, 0.1) is 0 Å². The van der Waals surface area contributed by atoms with Gasteiger partial charge in [-0.1, -0.05) is 63.1 Å². The SMILES string of the molecule is NCCCCCCCCCCC(=O)N(NC(=O)COc1ccccc1)C(CCCCN(CC(=O)O)CC(=O)O)CN(CC(=O)O)CC(=O)O. The van der Waals surface area contributed by atoms with E-state index in [1.165, 1.54) is 4.90 Å². The maximum atomic E-state index is 13.7. The van der Waals surface area contributed by atoms with Crippen LogP contribution in [0.4, 0.5) is 0 Å². The molecule has 0 radical (unpaired) electrons. The van der Waals surface area contributed by atoms with Gasteiger partial charge in [0.1, 0.15) is 5.75 Å². The summed E-state index contributed by atoms with van der Waals surface area (Å²) in [6.07, 6.45) is 8.35. The standard InChI is InChI=1S/C33H53N5O11/c34-18-12-6-4-2-1-3-5-10-17-29(40)38(35-28(39)25-49-27-15-8-7-9-16-27)26(20-37(23-32(45)46)24-33(47)48)14-11-13-19-36(21-30(41)42)22-31(43)44/h7-9,15-16,26H,1-6,10-14,17-25,34H2,(H,35,39)(H,41,42)(H,43,44)(H,45,46)(H,47,48). The molecule has 0 fully saturated rings. The van der Waals surface area contributed by atoms with E-state index >= 15 is 0 Å². The number of nitrogens with zero attached hydrogens (tertiary/aromatic N) is 3. The summed E-state index contributed by atoms with van der Waals surface area (Å²) in [5.41, 5.74) is 8.14. The Hall–Kier alpha value is -4.28. The van der Waals surface area contributed by atoms with E-state index in [2.05, 4.69) is 5.43 Å². The number of nitrogens with one attached hydrogen (secondary N) is 1. The fourth-order valence-electron chi connectivity index (χ4n) is 5.27. The molecule has 1 rings (SSSR count). The van der Waals surface area contributed by atoms with Crippen LogP contribution in [0.1, 0.15) is 77.0 Å². The van der Waals surface area contributed by atoms with Crippen molar-refractivity contribution in [1.82, 2.24) is 20.2 Å². The minimum atomic E-state index is -1.28. The maximum Gasteiger partial charge on any atom is 0.317 e. The lowest BCUT2D eigenvalue weighted by molar-refractivity contribution is -0.148. The lowest BCUT2D eigenvalue weighted by Gasteiger charge is -2.35. The second-order valence-electron chi connectivity index (χ2n) is 11.9. The number of rotatable bonds is 29. The molecule has 0 saturated heterocycles. The van der Waals surface area contributed by atoms with Crippen LogP contribution in [-0.2, 0) is 28.8 Å². The lowest BCUT2D eigenvalue weighted by atomic mass is 10.1. The van der Waals surface area contributed by atoms with Crippen molar-refractivity contribution in [1.29, 1.82) is 0 Å². The van der Waals surface area contributed by atoms with Crippen LogP contribution in [0.15, 0.2) is 30.3 Å². The Morgan fingerprint density at radius 2 is 1.18 bits per heavy atom. The highest BCUT2D eigenvalue weighted by atomic mass is 16.5. The molecule has 1 aromatic carbocycles. The van der Waals surface area contributed by atoms with Crippen molar-refractivity contribution in [2.75, 3.05) is 52.4 Å². The summed E-state index contributed by atoms with van der Waals surface area (Å²) in [6.45, 7) is -2.10. The molecular formula is C33H53N5O11. The monoisotopic (exact) mass is 695 g/mol. The van der Waals surface area contributed by atoms with Gasteiger partial charge in [0, 0.05) is 13.0 Å². The summed E-state index contributed by atoms with van der Waals surface area (Å²) in [7, 11) is 0. The molecule has 0 aromatic heterocycles. The lowest BCUT2D eigenvalue weighted by Crippen LogP contribution is -2.57. The number of para-hydroxylation sites is 1. The summed E-state index contributed by atoms with van der Waals surface area (Å²) in [4.78, 5) is 74.7. The molecule has 0 aliphatic heterocycles. The second kappa shape index (κ2) is 25.7. The summed E-state index contributed by atoms with van der Waals surface area (Å²) in [6, 6.07) is 7.68. The van der Waals surface area contributed by atoms with Crippen molar-refractivity contribution in [2.24, 2.45) is 5.73 Å². The fourth-order valence-corrected chi connectivity index (χ4v) is 5.27. The van der Waals surface area contributed by atoms with Crippen molar-refractivity contribution >= 4 is 35.7 Å². The number of ether oxygens (including phenoxy) is 1. The number of carboxylic acid groups (broad SMARTS) is 4. The van der Waals surface area contributed by atoms with Crippen molar-refractivity contribution in [3.8, 4) is 5.75 Å². The molecule has 1 unspecified atom stereocenters. The minimum absolute atomic E-state index is 0.0758. The summed E-state index contributed by atoms with van der Waals surface area (Å²) in [5, 5.41) is 38.3. The van der Waals surface area contributed by atoms with Crippen molar-refractivity contribution in [2.45, 2.75) is 83.1 Å². The smallest absolute Gasteiger partial charge is 0.317 e. The molecule has 0 saturated carbocycles. The maximum absolute atomic E-state index is 13.7. The van der Waals surface area contributed by atoms with Crippen LogP contribution >= 0.6 is 0 Å². The molecule has 2 amide bonds. The number of aliphatic carboxylic acids is 4. The Bertz CT molecular complexity index is 1120. The Morgan fingerprint density at radius 1 is 0.673 bits per heavy atom. The Morgan fingerprint density at radius 3 is 1.71 bits per heavy atom. The number of hydrogen-bond donors (Lipinski definition) is 6. The van der Waals surface area contributed by atoms with Crippen LogP contribution in [0.2, 0.25) is 0 Å². The van der Waals surface area contributed by atoms with Gasteiger partial charge < -0.3 is 30.9 Å². The number of benzene rings is 1. The van der Waals surface area contributed by atoms with Gasteiger partial charge in [-0.3, -0.25) is 44.0 Å². The Labute approximate surface area is 287 Å². The molecule has 0 spiro atoms. The van der Waals surface area contributed by atoms with Crippen molar-refractivity contribution in [3.05, 3.63) is 30.3 Å². The molecule has 0 bridgehead atoms. The number of carbonyl (C=O) groups excluding carboxylic acids is 2. The van der Waals surface area contributed by atoms with E-state index in [0.29, 0.717) is 31.6 Å². The zero-order chi connectivity index (χ0) is 36.4. The van der Waals surface area contributed by atoms with Crippen LogP contribution < -0.4 is 15.9 Å². The van der Waals surface area contributed by atoms with Gasteiger partial charge in [0.15, 0.2) is 6.61 Å². The molecule has 1 atom stereocenters. The third kappa shape index (κ3) is 22.1. The molecule has 16 heteroatoms. The molecule has 16 nitrogen and oxygen atoms in total. The molecule has 0 heterocycles. The third-order valence-corrected chi connectivity index (χ3v) is 7.50. The summed E-state index contributed by atoms with van der Waals surface area (Å²) >= 11 is 0. The minimum Gasteiger partial charge on any atom is -0.484 e. The van der Waals surface area contributed by atoms with E-state index in [0.717, 1.165) is 54.9 Å². The molecule has 7 N–H and O–H groups in total. The number of amides is 2. The van der Waals surface area contributed by atoms with Crippen LogP contribution in [0.3, 0.4) is 0 Å².